The van der Waals surface area contributed by atoms with Gasteiger partial charge in [-0.25, -0.2) is 14.8 Å². The van der Waals surface area contributed by atoms with Crippen molar-refractivity contribution >= 4 is 51.2 Å². The smallest absolute Gasteiger partial charge is 0.341 e. The number of ether oxygens (including phenoxy) is 2. The maximum absolute atomic E-state index is 12.6. The first-order valence-corrected chi connectivity index (χ1v) is 13.9. The molecule has 0 fully saturated rings. The second-order valence-corrected chi connectivity index (χ2v) is 11.1. The molecule has 0 aliphatic carbocycles. The van der Waals surface area contributed by atoms with Crippen molar-refractivity contribution in [2.24, 2.45) is 5.92 Å². The first-order chi connectivity index (χ1) is 17.9. The fourth-order valence-electron chi connectivity index (χ4n) is 3.68. The number of methoxy groups -OCH3 is 1. The zero-order valence-electron chi connectivity index (χ0n) is 21.1. The van der Waals surface area contributed by atoms with Crippen molar-refractivity contribution in [3.05, 3.63) is 63.4 Å². The minimum atomic E-state index is -0.465. The molecule has 0 spiro atoms. The van der Waals surface area contributed by atoms with Crippen molar-refractivity contribution in [2.75, 3.05) is 32.6 Å². The van der Waals surface area contributed by atoms with Crippen LogP contribution in [0.1, 0.15) is 29.1 Å². The highest BCUT2D eigenvalue weighted by molar-refractivity contribution is 7.16. The van der Waals surface area contributed by atoms with Crippen molar-refractivity contribution in [1.82, 2.24) is 15.3 Å². The third kappa shape index (κ3) is 6.67. The number of nitrogens with zero attached hydrogens (tertiary/aromatic N) is 2. The molecule has 3 aromatic heterocycles. The van der Waals surface area contributed by atoms with Crippen LogP contribution in [-0.2, 0) is 11.2 Å². The fourth-order valence-corrected chi connectivity index (χ4v) is 5.82. The van der Waals surface area contributed by atoms with Crippen LogP contribution in [0.5, 0.6) is 5.75 Å². The van der Waals surface area contributed by atoms with Crippen LogP contribution in [0.3, 0.4) is 0 Å². The van der Waals surface area contributed by atoms with Crippen LogP contribution in [-0.4, -0.2) is 43.2 Å². The molecule has 2 N–H and O–H groups in total. The monoisotopic (exact) mass is 556 g/mol. The molecular weight excluding hydrogens is 528 g/mol. The lowest BCUT2D eigenvalue weighted by atomic mass is 10.0. The van der Waals surface area contributed by atoms with Gasteiger partial charge in [0.15, 0.2) is 5.13 Å². The number of nitrogens with one attached hydrogen (secondary N) is 2. The Morgan fingerprint density at radius 2 is 2.03 bits per heavy atom. The van der Waals surface area contributed by atoms with Gasteiger partial charge < -0.3 is 20.1 Å². The number of hydrogen-bond donors (Lipinski definition) is 2. The summed E-state index contributed by atoms with van der Waals surface area (Å²) in [4.78, 5) is 24.2. The molecule has 194 valence electrons. The number of benzene rings is 1. The maximum atomic E-state index is 12.6. The highest BCUT2D eigenvalue weighted by Crippen LogP contribution is 2.38. The molecule has 0 saturated heterocycles. The Morgan fingerprint density at radius 3 is 2.70 bits per heavy atom. The molecule has 1 aromatic carbocycles. The summed E-state index contributed by atoms with van der Waals surface area (Å²) in [7, 11) is 3.24. The molecule has 3 heterocycles. The van der Waals surface area contributed by atoms with Crippen molar-refractivity contribution in [3.8, 4) is 27.4 Å². The molecular formula is C27H29ClN4O3S2. The van der Waals surface area contributed by atoms with Crippen LogP contribution in [0, 0.1) is 5.92 Å². The third-order valence-electron chi connectivity index (χ3n) is 5.43. The predicted molar refractivity (Wildman–Crippen MR) is 153 cm³/mol. The highest BCUT2D eigenvalue weighted by Gasteiger charge is 2.20. The number of thiophene rings is 1. The summed E-state index contributed by atoms with van der Waals surface area (Å²) in [6.45, 7) is 5.60. The molecule has 0 amide bonds. The van der Waals surface area contributed by atoms with Crippen LogP contribution >= 0.6 is 34.3 Å². The summed E-state index contributed by atoms with van der Waals surface area (Å²) in [5.74, 6) is 1.00. The van der Waals surface area contributed by atoms with E-state index in [9.17, 15) is 4.79 Å². The normalized spacial score (nSPS) is 11.1. The highest BCUT2D eigenvalue weighted by atomic mass is 35.5. The van der Waals surface area contributed by atoms with E-state index in [1.807, 2.05) is 42.8 Å². The van der Waals surface area contributed by atoms with E-state index < -0.39 is 5.97 Å². The zero-order chi connectivity index (χ0) is 26.4. The van der Waals surface area contributed by atoms with Gasteiger partial charge >= 0.3 is 5.97 Å². The first-order valence-electron chi connectivity index (χ1n) is 11.9. The molecule has 0 aliphatic heterocycles. The Balaban J connectivity index is 1.67. The summed E-state index contributed by atoms with van der Waals surface area (Å²) in [5.41, 5.74) is 2.95. The molecule has 37 heavy (non-hydrogen) atoms. The number of halogens is 1. The number of pyridine rings is 1. The number of hydrogen-bond acceptors (Lipinski definition) is 9. The van der Waals surface area contributed by atoms with Crippen LogP contribution in [0.25, 0.3) is 21.7 Å². The number of thiazole rings is 1. The fraction of sp³-hybridized carbons (Fsp3) is 0.296. The predicted octanol–water partition coefficient (Wildman–Crippen LogP) is 6.91. The van der Waals surface area contributed by atoms with E-state index in [1.54, 1.807) is 23.6 Å². The van der Waals surface area contributed by atoms with Crippen LogP contribution in [0.4, 0.5) is 10.9 Å². The van der Waals surface area contributed by atoms with E-state index >= 15 is 0 Å². The number of aromatic nitrogens is 2. The zero-order valence-corrected chi connectivity index (χ0v) is 23.5. The van der Waals surface area contributed by atoms with Gasteiger partial charge in [-0.1, -0.05) is 31.5 Å². The number of carbonyl (C=O) groups is 1. The van der Waals surface area contributed by atoms with Gasteiger partial charge in [0.05, 0.1) is 17.8 Å². The summed E-state index contributed by atoms with van der Waals surface area (Å²) in [6.07, 6.45) is 2.60. The van der Waals surface area contributed by atoms with Gasteiger partial charge in [-0.15, -0.1) is 22.7 Å². The minimum absolute atomic E-state index is 0.349. The summed E-state index contributed by atoms with van der Waals surface area (Å²) >= 11 is 9.66. The van der Waals surface area contributed by atoms with Gasteiger partial charge in [0.1, 0.15) is 23.7 Å². The van der Waals surface area contributed by atoms with Crippen molar-refractivity contribution in [3.63, 3.8) is 0 Å². The number of esters is 1. The molecule has 4 rings (SSSR count). The van der Waals surface area contributed by atoms with Crippen molar-refractivity contribution in [1.29, 1.82) is 0 Å². The number of carbonyl (C=O) groups excluding carboxylic acids is 1. The van der Waals surface area contributed by atoms with Gasteiger partial charge in [-0.3, -0.25) is 0 Å². The standard InChI is InChI=1S/C27H29ClN4O3S2/c1-16(2)12-23-24(17-7-8-21(20(28)14-17)35-10-9-29-3)31-27(37-23)32-25-19(26(33)34-4)13-18(15-30-25)22-6-5-11-36-22/h5-8,11,13-16,29H,9-10,12H2,1-4H3,(H,30,31,32). The summed E-state index contributed by atoms with van der Waals surface area (Å²) < 4.78 is 10.8. The van der Waals surface area contributed by atoms with Gasteiger partial charge in [0.2, 0.25) is 0 Å². The van der Waals surface area contributed by atoms with E-state index in [-0.39, 0.29) is 0 Å². The van der Waals surface area contributed by atoms with Crippen molar-refractivity contribution in [2.45, 2.75) is 20.3 Å². The molecule has 0 unspecified atom stereocenters. The second-order valence-electron chi connectivity index (χ2n) is 8.70. The molecule has 0 saturated carbocycles. The van der Waals surface area contributed by atoms with Gasteiger partial charge in [-0.2, -0.15) is 0 Å². The lowest BCUT2D eigenvalue weighted by Crippen LogP contribution is -2.16. The largest absolute Gasteiger partial charge is 0.491 e. The molecule has 10 heteroatoms. The Morgan fingerprint density at radius 1 is 1.19 bits per heavy atom. The molecule has 0 bridgehead atoms. The average Bonchev–Trinajstić information content (AvgIpc) is 3.55. The Kier molecular flexibility index (Phi) is 9.15. The number of rotatable bonds is 11. The first kappa shape index (κ1) is 27.1. The lowest BCUT2D eigenvalue weighted by Gasteiger charge is -2.10. The molecule has 4 aromatic rings. The maximum Gasteiger partial charge on any atom is 0.341 e. The molecule has 0 atom stereocenters. The van der Waals surface area contributed by atoms with Crippen molar-refractivity contribution < 1.29 is 14.3 Å². The average molecular weight is 557 g/mol. The van der Waals surface area contributed by atoms with E-state index in [0.717, 1.165) is 39.5 Å². The van der Waals surface area contributed by atoms with E-state index in [2.05, 4.69) is 29.5 Å². The minimum Gasteiger partial charge on any atom is -0.491 e. The van der Waals surface area contributed by atoms with E-state index in [1.165, 1.54) is 18.4 Å². The van der Waals surface area contributed by atoms with Crippen LogP contribution < -0.4 is 15.4 Å². The molecule has 7 nitrogen and oxygen atoms in total. The topological polar surface area (TPSA) is 85.4 Å². The Bertz CT molecular complexity index is 1360. The van der Waals surface area contributed by atoms with E-state index in [0.29, 0.717) is 39.8 Å². The quantitative estimate of drug-likeness (QED) is 0.153. The van der Waals surface area contributed by atoms with E-state index in [4.69, 9.17) is 26.1 Å². The molecule has 0 radical (unpaired) electrons. The lowest BCUT2D eigenvalue weighted by molar-refractivity contribution is 0.0601. The number of anilines is 2. The van der Waals surface area contributed by atoms with Crippen LogP contribution in [0.2, 0.25) is 5.02 Å². The second kappa shape index (κ2) is 12.5. The third-order valence-corrected chi connectivity index (χ3v) is 7.64. The Labute approximate surface area is 229 Å². The Hall–Kier alpha value is -2.98. The van der Waals surface area contributed by atoms with Crippen LogP contribution in [0.15, 0.2) is 48.0 Å². The molecule has 0 aliphatic rings. The van der Waals surface area contributed by atoms with Gasteiger partial charge in [-0.05, 0) is 55.1 Å². The van der Waals surface area contributed by atoms with Gasteiger partial charge in [0.25, 0.3) is 0 Å². The summed E-state index contributed by atoms with van der Waals surface area (Å²) in [6, 6.07) is 11.5. The summed E-state index contributed by atoms with van der Waals surface area (Å²) in [5, 5.41) is 9.46. The SMILES string of the molecule is CNCCOc1ccc(-c2nc(Nc3ncc(-c4cccs4)cc3C(=O)OC)sc2CC(C)C)cc1Cl. The number of likely N-dealkylation sites (N-methyl/N-ethyl adjacent to an activating group) is 1. The van der Waals surface area contributed by atoms with Gasteiger partial charge in [0, 0.05) is 33.6 Å².